The van der Waals surface area contributed by atoms with Crippen LogP contribution in [0.3, 0.4) is 0 Å². The summed E-state index contributed by atoms with van der Waals surface area (Å²) < 4.78 is 15.0. The Hall–Kier alpha value is -3.25. The van der Waals surface area contributed by atoms with Crippen molar-refractivity contribution in [1.29, 1.82) is 0 Å². The molecule has 0 aliphatic heterocycles. The standard InChI is InChI=1S/C20H14FN3OS/c21-16-7-3-14(4-8-16)18-13-26-20(22-18)23-19(25)15-5-9-17(10-6-15)24-11-1-2-12-24/h1-13H,(H,22,23,25). The first-order chi connectivity index (χ1) is 12.7. The molecule has 1 amide bonds. The van der Waals surface area contributed by atoms with Crippen molar-refractivity contribution in [2.24, 2.45) is 0 Å². The Labute approximate surface area is 153 Å². The van der Waals surface area contributed by atoms with Gasteiger partial charge in [0, 0.05) is 34.6 Å². The van der Waals surface area contributed by atoms with Gasteiger partial charge in [0.05, 0.1) is 5.69 Å². The van der Waals surface area contributed by atoms with Crippen LogP contribution in [0.5, 0.6) is 0 Å². The van der Waals surface area contributed by atoms with Crippen LogP contribution in [0, 0.1) is 5.82 Å². The molecule has 4 rings (SSSR count). The minimum Gasteiger partial charge on any atom is -0.324 e. The lowest BCUT2D eigenvalue weighted by molar-refractivity contribution is 0.102. The molecule has 6 heteroatoms. The van der Waals surface area contributed by atoms with Crippen LogP contribution in [0.4, 0.5) is 9.52 Å². The molecule has 4 nitrogen and oxygen atoms in total. The summed E-state index contributed by atoms with van der Waals surface area (Å²) in [5.41, 5.74) is 3.05. The van der Waals surface area contributed by atoms with Crippen LogP contribution in [-0.4, -0.2) is 15.5 Å². The highest BCUT2D eigenvalue weighted by Crippen LogP contribution is 2.25. The lowest BCUT2D eigenvalue weighted by atomic mass is 10.2. The van der Waals surface area contributed by atoms with Crippen molar-refractivity contribution in [3.05, 3.63) is 89.8 Å². The zero-order valence-electron chi connectivity index (χ0n) is 13.6. The van der Waals surface area contributed by atoms with E-state index >= 15 is 0 Å². The number of benzene rings is 2. The second-order valence-electron chi connectivity index (χ2n) is 5.64. The predicted molar refractivity (Wildman–Crippen MR) is 101 cm³/mol. The zero-order chi connectivity index (χ0) is 17.9. The van der Waals surface area contributed by atoms with Crippen molar-refractivity contribution in [2.45, 2.75) is 0 Å². The van der Waals surface area contributed by atoms with Gasteiger partial charge in [-0.2, -0.15) is 0 Å². The summed E-state index contributed by atoms with van der Waals surface area (Å²) in [6.07, 6.45) is 3.89. The van der Waals surface area contributed by atoms with E-state index in [9.17, 15) is 9.18 Å². The minimum absolute atomic E-state index is 0.218. The number of nitrogens with zero attached hydrogens (tertiary/aromatic N) is 2. The summed E-state index contributed by atoms with van der Waals surface area (Å²) in [5.74, 6) is -0.509. The van der Waals surface area contributed by atoms with Crippen molar-refractivity contribution in [3.8, 4) is 16.9 Å². The normalized spacial score (nSPS) is 10.7. The van der Waals surface area contributed by atoms with Crippen LogP contribution in [0.1, 0.15) is 10.4 Å². The second kappa shape index (κ2) is 6.93. The largest absolute Gasteiger partial charge is 0.324 e. The molecule has 0 atom stereocenters. The lowest BCUT2D eigenvalue weighted by Crippen LogP contribution is -2.11. The Morgan fingerprint density at radius 2 is 1.69 bits per heavy atom. The number of hydrogen-bond acceptors (Lipinski definition) is 3. The highest BCUT2D eigenvalue weighted by atomic mass is 32.1. The number of anilines is 1. The Morgan fingerprint density at radius 1 is 1.00 bits per heavy atom. The van der Waals surface area contributed by atoms with E-state index in [1.165, 1.54) is 23.5 Å². The number of rotatable bonds is 4. The van der Waals surface area contributed by atoms with Gasteiger partial charge in [0.15, 0.2) is 5.13 Å². The van der Waals surface area contributed by atoms with Gasteiger partial charge < -0.3 is 4.57 Å². The van der Waals surface area contributed by atoms with Gasteiger partial charge in [0.2, 0.25) is 0 Å². The molecule has 4 aromatic rings. The Kier molecular flexibility index (Phi) is 4.33. The third-order valence-electron chi connectivity index (χ3n) is 3.90. The molecule has 2 aromatic carbocycles. The molecule has 0 aliphatic rings. The van der Waals surface area contributed by atoms with Gasteiger partial charge in [-0.3, -0.25) is 10.1 Å². The van der Waals surface area contributed by atoms with Crippen molar-refractivity contribution >= 4 is 22.4 Å². The van der Waals surface area contributed by atoms with Gasteiger partial charge in [0.1, 0.15) is 5.82 Å². The summed E-state index contributed by atoms with van der Waals surface area (Å²) in [6, 6.07) is 17.3. The highest BCUT2D eigenvalue weighted by molar-refractivity contribution is 7.14. The molecule has 0 radical (unpaired) electrons. The number of carbonyl (C=O) groups excluding carboxylic acids is 1. The third kappa shape index (κ3) is 3.41. The molecule has 0 saturated carbocycles. The molecule has 0 fully saturated rings. The number of carbonyl (C=O) groups is 1. The maximum atomic E-state index is 13.0. The number of thiazole rings is 1. The van der Waals surface area contributed by atoms with Gasteiger partial charge in [-0.05, 0) is 60.7 Å². The summed E-state index contributed by atoms with van der Waals surface area (Å²) in [5, 5.41) is 5.14. The highest BCUT2D eigenvalue weighted by Gasteiger charge is 2.10. The first-order valence-electron chi connectivity index (χ1n) is 7.95. The molecule has 128 valence electrons. The summed E-state index contributed by atoms with van der Waals surface area (Å²) >= 11 is 1.33. The smallest absolute Gasteiger partial charge is 0.257 e. The van der Waals surface area contributed by atoms with Crippen molar-refractivity contribution < 1.29 is 9.18 Å². The fourth-order valence-electron chi connectivity index (χ4n) is 2.55. The molecular weight excluding hydrogens is 349 g/mol. The van der Waals surface area contributed by atoms with E-state index in [4.69, 9.17) is 0 Å². The monoisotopic (exact) mass is 363 g/mol. The van der Waals surface area contributed by atoms with Crippen LogP contribution >= 0.6 is 11.3 Å². The summed E-state index contributed by atoms with van der Waals surface area (Å²) in [6.45, 7) is 0. The van der Waals surface area contributed by atoms with Crippen LogP contribution in [0.2, 0.25) is 0 Å². The van der Waals surface area contributed by atoms with Gasteiger partial charge in [-0.25, -0.2) is 9.37 Å². The number of nitrogens with one attached hydrogen (secondary N) is 1. The van der Waals surface area contributed by atoms with E-state index < -0.39 is 0 Å². The zero-order valence-corrected chi connectivity index (χ0v) is 14.4. The Balaban J connectivity index is 1.47. The lowest BCUT2D eigenvalue weighted by Gasteiger charge is -2.05. The van der Waals surface area contributed by atoms with Gasteiger partial charge in [0.25, 0.3) is 5.91 Å². The Morgan fingerprint density at radius 3 is 2.38 bits per heavy atom. The molecule has 0 aliphatic carbocycles. The van der Waals surface area contributed by atoms with Gasteiger partial charge in [-0.1, -0.05) is 0 Å². The number of aromatic nitrogens is 2. The maximum absolute atomic E-state index is 13.0. The first-order valence-corrected chi connectivity index (χ1v) is 8.83. The minimum atomic E-state index is -0.291. The van der Waals surface area contributed by atoms with Crippen molar-refractivity contribution in [1.82, 2.24) is 9.55 Å². The van der Waals surface area contributed by atoms with Crippen LogP contribution in [0.15, 0.2) is 78.4 Å². The summed E-state index contributed by atoms with van der Waals surface area (Å²) in [7, 11) is 0. The predicted octanol–water partition coefficient (Wildman–Crippen LogP) is 4.99. The van der Waals surface area contributed by atoms with Crippen LogP contribution < -0.4 is 5.32 Å². The van der Waals surface area contributed by atoms with Crippen molar-refractivity contribution in [2.75, 3.05) is 5.32 Å². The molecule has 0 bridgehead atoms. The number of halogens is 1. The molecule has 26 heavy (non-hydrogen) atoms. The fourth-order valence-corrected chi connectivity index (χ4v) is 3.26. The van der Waals surface area contributed by atoms with Crippen LogP contribution in [0.25, 0.3) is 16.9 Å². The van der Waals surface area contributed by atoms with E-state index in [-0.39, 0.29) is 11.7 Å². The third-order valence-corrected chi connectivity index (χ3v) is 4.65. The van der Waals surface area contributed by atoms with E-state index in [1.807, 2.05) is 46.6 Å². The van der Waals surface area contributed by atoms with E-state index in [2.05, 4.69) is 10.3 Å². The average Bonchev–Trinajstić information content (AvgIpc) is 3.35. The molecule has 2 heterocycles. The molecule has 2 aromatic heterocycles. The van der Waals surface area contributed by atoms with Gasteiger partial charge >= 0.3 is 0 Å². The fraction of sp³-hybridized carbons (Fsp3) is 0. The van der Waals surface area contributed by atoms with Crippen LogP contribution in [-0.2, 0) is 0 Å². The topological polar surface area (TPSA) is 46.9 Å². The Bertz CT molecular complexity index is 1020. The molecule has 0 spiro atoms. The van der Waals surface area contributed by atoms with E-state index in [0.29, 0.717) is 16.4 Å². The number of hydrogen-bond donors (Lipinski definition) is 1. The number of amides is 1. The first kappa shape index (κ1) is 16.2. The van der Waals surface area contributed by atoms with E-state index in [1.54, 1.807) is 24.3 Å². The maximum Gasteiger partial charge on any atom is 0.257 e. The molecular formula is C20H14FN3OS. The second-order valence-corrected chi connectivity index (χ2v) is 6.49. The summed E-state index contributed by atoms with van der Waals surface area (Å²) in [4.78, 5) is 16.8. The average molecular weight is 363 g/mol. The SMILES string of the molecule is O=C(Nc1nc(-c2ccc(F)cc2)cs1)c1ccc(-n2cccc2)cc1. The van der Waals surface area contributed by atoms with Crippen molar-refractivity contribution in [3.63, 3.8) is 0 Å². The van der Waals surface area contributed by atoms with E-state index in [0.717, 1.165) is 11.3 Å². The quantitative estimate of drug-likeness (QED) is 0.555. The molecule has 0 unspecified atom stereocenters. The molecule has 0 saturated heterocycles. The molecule has 1 N–H and O–H groups in total. The van der Waals surface area contributed by atoms with Gasteiger partial charge in [-0.15, -0.1) is 11.3 Å².